The van der Waals surface area contributed by atoms with Crippen LogP contribution in [0.4, 0.5) is 0 Å². The highest BCUT2D eigenvalue weighted by atomic mass is 16.5. The molecule has 1 aromatic rings. The number of esters is 1. The molecule has 0 amide bonds. The number of rotatable bonds is 3. The smallest absolute Gasteiger partial charge is 0.326 e. The summed E-state index contributed by atoms with van der Waals surface area (Å²) < 4.78 is 5.29. The maximum absolute atomic E-state index is 11.7. The summed E-state index contributed by atoms with van der Waals surface area (Å²) in [5, 5.41) is 8.84. The van der Waals surface area contributed by atoms with Crippen molar-refractivity contribution in [2.75, 3.05) is 0 Å². The molecule has 0 bridgehead atoms. The lowest BCUT2D eigenvalue weighted by atomic mass is 9.96. The quantitative estimate of drug-likeness (QED) is 0.751. The van der Waals surface area contributed by atoms with E-state index in [-0.39, 0.29) is 6.10 Å². The first-order valence-electron chi connectivity index (χ1n) is 5.55. The van der Waals surface area contributed by atoms with Crippen molar-refractivity contribution in [2.24, 2.45) is 5.41 Å². The first-order chi connectivity index (χ1) is 7.86. The number of carbonyl (C=O) groups excluding carboxylic acids is 1. The van der Waals surface area contributed by atoms with E-state index in [1.807, 2.05) is 37.3 Å². The number of benzene rings is 1. The predicted molar refractivity (Wildman–Crippen MR) is 65.1 cm³/mol. The van der Waals surface area contributed by atoms with Gasteiger partial charge in [-0.25, -0.2) is 0 Å². The molecule has 3 heteroatoms. The van der Waals surface area contributed by atoms with Crippen molar-refractivity contribution in [3.05, 3.63) is 35.4 Å². The fraction of sp³-hybridized carbons (Fsp3) is 0.429. The molecule has 0 heterocycles. The normalized spacial score (nSPS) is 12.6. The van der Waals surface area contributed by atoms with Crippen LogP contribution >= 0.6 is 0 Å². The molecule has 1 atom stereocenters. The van der Waals surface area contributed by atoms with E-state index in [1.165, 1.54) is 0 Å². The summed E-state index contributed by atoms with van der Waals surface area (Å²) >= 11 is 0. The minimum Gasteiger partial charge on any atom is -0.457 e. The first-order valence-corrected chi connectivity index (χ1v) is 5.55. The zero-order valence-electron chi connectivity index (χ0n) is 10.7. The van der Waals surface area contributed by atoms with Gasteiger partial charge in [-0.3, -0.25) is 4.79 Å². The Kier molecular flexibility index (Phi) is 3.90. The molecule has 0 fully saturated rings. The molecule has 1 aromatic carbocycles. The highest BCUT2D eigenvalue weighted by Gasteiger charge is 2.30. The minimum absolute atomic E-state index is 0.338. The third-order valence-corrected chi connectivity index (χ3v) is 2.59. The summed E-state index contributed by atoms with van der Waals surface area (Å²) in [6.45, 7) is 6.90. The van der Waals surface area contributed by atoms with Crippen LogP contribution in [-0.4, -0.2) is 5.97 Å². The molecular weight excluding hydrogens is 214 g/mol. The number of ether oxygens (including phenoxy) is 1. The van der Waals surface area contributed by atoms with E-state index in [0.717, 1.165) is 11.1 Å². The molecular formula is C14H17NO2. The SMILES string of the molecule is Cc1cccc([C@@H](C)OC(=O)C(C)(C)C#N)c1. The lowest BCUT2D eigenvalue weighted by Crippen LogP contribution is -2.25. The highest BCUT2D eigenvalue weighted by Crippen LogP contribution is 2.23. The van der Waals surface area contributed by atoms with Crippen LogP contribution in [-0.2, 0) is 9.53 Å². The molecule has 0 unspecified atom stereocenters. The van der Waals surface area contributed by atoms with Crippen molar-refractivity contribution in [3.63, 3.8) is 0 Å². The van der Waals surface area contributed by atoms with E-state index in [0.29, 0.717) is 0 Å². The van der Waals surface area contributed by atoms with Gasteiger partial charge in [0.2, 0.25) is 0 Å². The Hall–Kier alpha value is -1.82. The lowest BCUT2D eigenvalue weighted by Gasteiger charge is -2.19. The number of nitriles is 1. The van der Waals surface area contributed by atoms with E-state index in [9.17, 15) is 4.79 Å². The van der Waals surface area contributed by atoms with E-state index >= 15 is 0 Å². The van der Waals surface area contributed by atoms with Gasteiger partial charge >= 0.3 is 5.97 Å². The maximum atomic E-state index is 11.7. The molecule has 1 rings (SSSR count). The zero-order valence-corrected chi connectivity index (χ0v) is 10.7. The molecule has 90 valence electrons. The van der Waals surface area contributed by atoms with Crippen LogP contribution in [0.25, 0.3) is 0 Å². The molecule has 0 spiro atoms. The number of carbonyl (C=O) groups is 1. The van der Waals surface area contributed by atoms with Gasteiger partial charge in [0.25, 0.3) is 0 Å². The van der Waals surface area contributed by atoms with E-state index in [1.54, 1.807) is 20.8 Å². The zero-order chi connectivity index (χ0) is 13.1. The van der Waals surface area contributed by atoms with Crippen LogP contribution in [0.5, 0.6) is 0 Å². The summed E-state index contributed by atoms with van der Waals surface area (Å²) in [6.07, 6.45) is -0.338. The van der Waals surface area contributed by atoms with Gasteiger partial charge in [0, 0.05) is 0 Å². The Labute approximate surface area is 102 Å². The van der Waals surface area contributed by atoms with Gasteiger partial charge in [0.15, 0.2) is 0 Å². The van der Waals surface area contributed by atoms with Crippen molar-refractivity contribution in [2.45, 2.75) is 33.8 Å². The fourth-order valence-corrected chi connectivity index (χ4v) is 1.34. The van der Waals surface area contributed by atoms with Gasteiger partial charge in [0.1, 0.15) is 11.5 Å². The summed E-state index contributed by atoms with van der Waals surface area (Å²) in [5.41, 5.74) is 0.954. The van der Waals surface area contributed by atoms with Crippen LogP contribution in [0.3, 0.4) is 0 Å². The Bertz CT molecular complexity index is 458. The number of hydrogen-bond acceptors (Lipinski definition) is 3. The van der Waals surface area contributed by atoms with Gasteiger partial charge in [-0.15, -0.1) is 0 Å². The summed E-state index contributed by atoms with van der Waals surface area (Å²) in [6, 6.07) is 9.72. The van der Waals surface area contributed by atoms with Gasteiger partial charge in [-0.05, 0) is 33.3 Å². The largest absolute Gasteiger partial charge is 0.457 e. The average Bonchev–Trinajstić information content (AvgIpc) is 2.28. The monoisotopic (exact) mass is 231 g/mol. The molecule has 0 radical (unpaired) electrons. The fourth-order valence-electron chi connectivity index (χ4n) is 1.34. The summed E-state index contributed by atoms with van der Waals surface area (Å²) in [4.78, 5) is 11.7. The highest BCUT2D eigenvalue weighted by molar-refractivity contribution is 5.79. The second-order valence-electron chi connectivity index (χ2n) is 4.70. The Morgan fingerprint density at radius 2 is 2.12 bits per heavy atom. The molecule has 17 heavy (non-hydrogen) atoms. The topological polar surface area (TPSA) is 50.1 Å². The summed E-state index contributed by atoms with van der Waals surface area (Å²) in [7, 11) is 0. The molecule has 0 aromatic heterocycles. The molecule has 0 aliphatic heterocycles. The van der Waals surface area contributed by atoms with E-state index in [4.69, 9.17) is 10.00 Å². The number of nitrogens with zero attached hydrogens (tertiary/aromatic N) is 1. The third kappa shape index (κ3) is 3.32. The average molecular weight is 231 g/mol. The van der Waals surface area contributed by atoms with Crippen molar-refractivity contribution >= 4 is 5.97 Å². The second kappa shape index (κ2) is 5.01. The maximum Gasteiger partial charge on any atom is 0.326 e. The van der Waals surface area contributed by atoms with Gasteiger partial charge in [0.05, 0.1) is 6.07 Å². The van der Waals surface area contributed by atoms with E-state index < -0.39 is 11.4 Å². The van der Waals surface area contributed by atoms with Crippen molar-refractivity contribution in [1.82, 2.24) is 0 Å². The molecule has 0 aliphatic rings. The Balaban J connectivity index is 2.78. The molecule has 0 N–H and O–H groups in total. The number of aryl methyl sites for hydroxylation is 1. The first kappa shape index (κ1) is 13.2. The van der Waals surface area contributed by atoms with E-state index in [2.05, 4.69) is 0 Å². The molecule has 0 saturated heterocycles. The van der Waals surface area contributed by atoms with Crippen molar-refractivity contribution < 1.29 is 9.53 Å². The van der Waals surface area contributed by atoms with Crippen molar-refractivity contribution in [1.29, 1.82) is 5.26 Å². The van der Waals surface area contributed by atoms with Crippen LogP contribution in [0.15, 0.2) is 24.3 Å². The van der Waals surface area contributed by atoms with Gasteiger partial charge in [-0.2, -0.15) is 5.26 Å². The standard InChI is InChI=1S/C14H17NO2/c1-10-6-5-7-12(8-10)11(2)17-13(16)14(3,4)9-15/h5-8,11H,1-4H3/t11-/m1/s1. The van der Waals surface area contributed by atoms with Crippen LogP contribution in [0.2, 0.25) is 0 Å². The Morgan fingerprint density at radius 1 is 1.47 bits per heavy atom. The van der Waals surface area contributed by atoms with Crippen LogP contribution < -0.4 is 0 Å². The predicted octanol–water partition coefficient (Wildman–Crippen LogP) is 3.15. The molecule has 0 saturated carbocycles. The van der Waals surface area contributed by atoms with Crippen LogP contribution in [0.1, 0.15) is 38.0 Å². The molecule has 3 nitrogen and oxygen atoms in total. The summed E-state index contributed by atoms with van der Waals surface area (Å²) in [5.74, 6) is -0.492. The third-order valence-electron chi connectivity index (χ3n) is 2.59. The molecule has 0 aliphatic carbocycles. The van der Waals surface area contributed by atoms with Gasteiger partial charge < -0.3 is 4.74 Å². The van der Waals surface area contributed by atoms with Crippen molar-refractivity contribution in [3.8, 4) is 6.07 Å². The lowest BCUT2D eigenvalue weighted by molar-refractivity contribution is -0.156. The minimum atomic E-state index is -1.10. The Morgan fingerprint density at radius 3 is 2.65 bits per heavy atom. The van der Waals surface area contributed by atoms with Crippen LogP contribution in [0, 0.1) is 23.7 Å². The number of hydrogen-bond donors (Lipinski definition) is 0. The van der Waals surface area contributed by atoms with Gasteiger partial charge in [-0.1, -0.05) is 29.8 Å². The second-order valence-corrected chi connectivity index (χ2v) is 4.70.